The molecule has 0 bridgehead atoms. The van der Waals surface area contributed by atoms with E-state index < -0.39 is 5.76 Å². The number of thiocarbonyl (C=S) groups is 1. The van der Waals surface area contributed by atoms with Gasteiger partial charge in [-0.05, 0) is 67.5 Å². The molecule has 0 saturated heterocycles. The fourth-order valence-corrected chi connectivity index (χ4v) is 3.16. The summed E-state index contributed by atoms with van der Waals surface area (Å²) in [4.78, 5) is 0.502. The molecule has 7 heteroatoms. The van der Waals surface area contributed by atoms with Crippen LogP contribution in [0.2, 0.25) is 5.02 Å². The van der Waals surface area contributed by atoms with Gasteiger partial charge in [-0.2, -0.15) is 8.78 Å². The summed E-state index contributed by atoms with van der Waals surface area (Å²) in [5, 5.41) is 7.04. The van der Waals surface area contributed by atoms with Gasteiger partial charge in [0, 0.05) is 10.6 Å². The van der Waals surface area contributed by atoms with Crippen molar-refractivity contribution in [2.75, 3.05) is 10.6 Å². The van der Waals surface area contributed by atoms with Crippen molar-refractivity contribution in [3.8, 4) is 0 Å². The van der Waals surface area contributed by atoms with Crippen LogP contribution in [0.1, 0.15) is 11.1 Å². The number of halogens is 3. The van der Waals surface area contributed by atoms with Gasteiger partial charge in [-0.15, -0.1) is 0 Å². The number of hydrogen-bond donors (Lipinski definition) is 2. The van der Waals surface area contributed by atoms with Crippen LogP contribution in [0.5, 0.6) is 0 Å². The molecule has 2 aromatic carbocycles. The smallest absolute Gasteiger partial charge is 0.288 e. The normalized spacial score (nSPS) is 10.7. The molecule has 0 saturated carbocycles. The molecular weight excluding hydrogens is 358 g/mol. The molecule has 0 unspecified atom stereocenters. The third-order valence-electron chi connectivity index (χ3n) is 3.01. The van der Waals surface area contributed by atoms with Crippen molar-refractivity contribution in [1.29, 1.82) is 0 Å². The van der Waals surface area contributed by atoms with Crippen molar-refractivity contribution >= 4 is 52.1 Å². The fourth-order valence-electron chi connectivity index (χ4n) is 2.07. The molecule has 0 aliphatic rings. The number of nitrogens with one attached hydrogen (secondary N) is 2. The molecule has 0 fully saturated rings. The molecule has 2 aromatic rings. The van der Waals surface area contributed by atoms with Crippen molar-refractivity contribution in [1.82, 2.24) is 0 Å². The van der Waals surface area contributed by atoms with Crippen molar-refractivity contribution in [3.63, 3.8) is 0 Å². The van der Waals surface area contributed by atoms with Gasteiger partial charge in [0.2, 0.25) is 0 Å². The van der Waals surface area contributed by atoms with E-state index in [1.807, 2.05) is 26.0 Å². The standard InChI is InChI=1S/C16H15ClF2N2S2/c1-9-7-10(2)14(13(17)8-9)21-16(22)20-11-3-5-12(6-4-11)23-15(18)19/h3-8,15H,1-2H3,(H2,20,21,22). The van der Waals surface area contributed by atoms with Gasteiger partial charge in [-0.1, -0.05) is 29.4 Å². The largest absolute Gasteiger partial charge is 0.332 e. The van der Waals surface area contributed by atoms with E-state index in [1.165, 1.54) is 0 Å². The van der Waals surface area contributed by atoms with E-state index in [2.05, 4.69) is 10.6 Å². The van der Waals surface area contributed by atoms with Crippen LogP contribution < -0.4 is 10.6 Å². The monoisotopic (exact) mass is 372 g/mol. The van der Waals surface area contributed by atoms with Gasteiger partial charge in [-0.25, -0.2) is 0 Å². The molecule has 0 aliphatic heterocycles. The van der Waals surface area contributed by atoms with E-state index in [1.54, 1.807) is 24.3 Å². The average molecular weight is 373 g/mol. The van der Waals surface area contributed by atoms with Gasteiger partial charge in [-0.3, -0.25) is 0 Å². The molecular formula is C16H15ClF2N2S2. The molecule has 0 heterocycles. The second kappa shape index (κ2) is 7.95. The zero-order valence-corrected chi connectivity index (χ0v) is 14.9. The molecule has 2 N–H and O–H groups in total. The summed E-state index contributed by atoms with van der Waals surface area (Å²) < 4.78 is 24.6. The Morgan fingerprint density at radius 1 is 1.13 bits per heavy atom. The van der Waals surface area contributed by atoms with E-state index in [4.69, 9.17) is 23.8 Å². The van der Waals surface area contributed by atoms with Crippen molar-refractivity contribution < 1.29 is 8.78 Å². The lowest BCUT2D eigenvalue weighted by Crippen LogP contribution is -2.19. The SMILES string of the molecule is Cc1cc(C)c(NC(=S)Nc2ccc(SC(F)F)cc2)c(Cl)c1. The lowest BCUT2D eigenvalue weighted by atomic mass is 10.1. The predicted octanol–water partition coefficient (Wildman–Crippen LogP) is 6.08. The van der Waals surface area contributed by atoms with Crippen LogP contribution in [-0.2, 0) is 0 Å². The summed E-state index contributed by atoms with van der Waals surface area (Å²) in [5.41, 5.74) is 3.52. The molecule has 23 heavy (non-hydrogen) atoms. The van der Waals surface area contributed by atoms with E-state index in [0.717, 1.165) is 16.8 Å². The lowest BCUT2D eigenvalue weighted by molar-refractivity contribution is 0.252. The first-order valence-electron chi connectivity index (χ1n) is 6.75. The number of aryl methyl sites for hydroxylation is 2. The minimum absolute atomic E-state index is 0.383. The number of thioether (sulfide) groups is 1. The van der Waals surface area contributed by atoms with Crippen molar-refractivity contribution in [2.45, 2.75) is 24.5 Å². The molecule has 0 atom stereocenters. The predicted molar refractivity (Wildman–Crippen MR) is 99.1 cm³/mol. The van der Waals surface area contributed by atoms with Gasteiger partial charge in [0.05, 0.1) is 10.7 Å². The second-order valence-electron chi connectivity index (χ2n) is 4.92. The highest BCUT2D eigenvalue weighted by Gasteiger charge is 2.08. The maximum absolute atomic E-state index is 12.3. The Kier molecular flexibility index (Phi) is 6.21. The number of rotatable bonds is 4. The number of anilines is 2. The zero-order chi connectivity index (χ0) is 17.0. The minimum Gasteiger partial charge on any atom is -0.332 e. The Balaban J connectivity index is 2.02. The highest BCUT2D eigenvalue weighted by atomic mass is 35.5. The van der Waals surface area contributed by atoms with E-state index in [9.17, 15) is 8.78 Å². The average Bonchev–Trinajstić information content (AvgIpc) is 2.44. The third-order valence-corrected chi connectivity index (χ3v) is 4.23. The topological polar surface area (TPSA) is 24.1 Å². The highest BCUT2D eigenvalue weighted by Crippen LogP contribution is 2.28. The number of alkyl halides is 2. The molecule has 0 aromatic heterocycles. The van der Waals surface area contributed by atoms with Crippen LogP contribution in [0.3, 0.4) is 0 Å². The Bertz CT molecular complexity index is 683. The van der Waals surface area contributed by atoms with Crippen LogP contribution >= 0.6 is 35.6 Å². The first-order chi connectivity index (χ1) is 10.8. The highest BCUT2D eigenvalue weighted by molar-refractivity contribution is 7.99. The Morgan fingerprint density at radius 3 is 2.35 bits per heavy atom. The fraction of sp³-hybridized carbons (Fsp3) is 0.188. The van der Waals surface area contributed by atoms with Crippen LogP contribution in [0.4, 0.5) is 20.2 Å². The molecule has 0 amide bonds. The van der Waals surface area contributed by atoms with Crippen molar-refractivity contribution in [2.24, 2.45) is 0 Å². The maximum atomic E-state index is 12.3. The summed E-state index contributed by atoms with van der Waals surface area (Å²) in [6.45, 7) is 3.92. The van der Waals surface area contributed by atoms with Gasteiger partial charge in [0.1, 0.15) is 0 Å². The zero-order valence-electron chi connectivity index (χ0n) is 12.5. The summed E-state index contributed by atoms with van der Waals surface area (Å²) in [5.74, 6) is -2.43. The second-order valence-corrected chi connectivity index (χ2v) is 6.80. The first kappa shape index (κ1) is 18.0. The minimum atomic E-state index is -2.43. The molecule has 122 valence electrons. The van der Waals surface area contributed by atoms with Gasteiger partial charge in [0.25, 0.3) is 5.76 Å². The third kappa shape index (κ3) is 5.34. The summed E-state index contributed by atoms with van der Waals surface area (Å²) in [7, 11) is 0. The molecule has 0 spiro atoms. The van der Waals surface area contributed by atoms with Crippen LogP contribution in [0.25, 0.3) is 0 Å². The van der Waals surface area contributed by atoms with Gasteiger partial charge < -0.3 is 10.6 Å². The molecule has 0 radical (unpaired) electrons. The lowest BCUT2D eigenvalue weighted by Gasteiger charge is -2.15. The van der Waals surface area contributed by atoms with Crippen LogP contribution in [0.15, 0.2) is 41.3 Å². The Hall–Kier alpha value is -1.37. The van der Waals surface area contributed by atoms with Gasteiger partial charge >= 0.3 is 0 Å². The summed E-state index contributed by atoms with van der Waals surface area (Å²) in [6.07, 6.45) is 0. The van der Waals surface area contributed by atoms with Crippen molar-refractivity contribution in [3.05, 3.63) is 52.5 Å². The molecule has 0 aliphatic carbocycles. The summed E-state index contributed by atoms with van der Waals surface area (Å²) in [6, 6.07) is 10.5. The van der Waals surface area contributed by atoms with Gasteiger partial charge in [0.15, 0.2) is 5.11 Å². The maximum Gasteiger partial charge on any atom is 0.288 e. The summed E-state index contributed by atoms with van der Waals surface area (Å²) >= 11 is 12.0. The number of benzene rings is 2. The van der Waals surface area contributed by atoms with E-state index in [0.29, 0.717) is 32.5 Å². The van der Waals surface area contributed by atoms with E-state index in [-0.39, 0.29) is 0 Å². The van der Waals surface area contributed by atoms with Crippen LogP contribution in [0, 0.1) is 13.8 Å². The van der Waals surface area contributed by atoms with E-state index >= 15 is 0 Å². The molecule has 2 nitrogen and oxygen atoms in total. The Labute approximate surface area is 148 Å². The Morgan fingerprint density at radius 2 is 1.78 bits per heavy atom. The quantitative estimate of drug-likeness (QED) is 0.501. The number of hydrogen-bond acceptors (Lipinski definition) is 2. The molecule has 2 rings (SSSR count). The first-order valence-corrected chi connectivity index (χ1v) is 8.41. The van der Waals surface area contributed by atoms with Crippen LogP contribution in [-0.4, -0.2) is 10.9 Å².